The van der Waals surface area contributed by atoms with Gasteiger partial charge in [0.2, 0.25) is 11.9 Å². The number of thiophene rings is 2. The van der Waals surface area contributed by atoms with Crippen molar-refractivity contribution in [2.24, 2.45) is 20.5 Å². The third-order valence-electron chi connectivity index (χ3n) is 8.91. The van der Waals surface area contributed by atoms with Gasteiger partial charge in [-0.3, -0.25) is 0 Å². The van der Waals surface area contributed by atoms with Gasteiger partial charge in [-0.1, -0.05) is 11.8 Å². The monoisotopic (exact) mass is 1000 g/mol. The zero-order valence-electron chi connectivity index (χ0n) is 35.0. The number of rotatable bonds is 17. The summed E-state index contributed by atoms with van der Waals surface area (Å²) in [6.45, 7) is 15.9. The minimum absolute atomic E-state index is 0.0301. The number of aryl methyl sites for hydroxylation is 2. The molecule has 0 saturated carbocycles. The summed E-state index contributed by atoms with van der Waals surface area (Å²) < 4.78 is 59.8. The largest absolute Gasteiger partial charge is 0.425 e. The summed E-state index contributed by atoms with van der Waals surface area (Å²) in [4.78, 5) is 20.8. The summed E-state index contributed by atoms with van der Waals surface area (Å²) >= 11 is 7.22. The molecular weight excluding hydrogens is 963 g/mol. The minimum Gasteiger partial charge on any atom is -0.396 e. The highest BCUT2D eigenvalue weighted by atomic mass is 32.2. The molecule has 20 nitrogen and oxygen atoms in total. The molecule has 0 aliphatic heterocycles. The van der Waals surface area contributed by atoms with Crippen LogP contribution in [0.25, 0.3) is 20.4 Å². The maximum Gasteiger partial charge on any atom is 0.425 e. The molecule has 7 rings (SSSR count). The second-order valence-electron chi connectivity index (χ2n) is 12.8. The van der Waals surface area contributed by atoms with E-state index in [1.807, 2.05) is 36.4 Å². The Morgan fingerprint density at radius 3 is 1.42 bits per heavy atom. The van der Waals surface area contributed by atoms with E-state index in [1.165, 1.54) is 34.8 Å². The maximum atomic E-state index is 9.70. The molecule has 0 radical (unpaired) electrons. The molecule has 0 atom stereocenters. The van der Waals surface area contributed by atoms with Gasteiger partial charge in [-0.15, -0.1) is 68.4 Å². The van der Waals surface area contributed by atoms with Gasteiger partial charge in [0.25, 0.3) is 0 Å². The van der Waals surface area contributed by atoms with Crippen LogP contribution in [0, 0.1) is 13.8 Å². The molecule has 0 aliphatic carbocycles. The first-order valence-corrected chi connectivity index (χ1v) is 25.4. The quantitative estimate of drug-likeness (QED) is 0.0565. The number of fused-ring (bicyclic) bond motifs is 2. The molecule has 0 amide bonds. The van der Waals surface area contributed by atoms with Crippen molar-refractivity contribution in [2.75, 3.05) is 59.0 Å². The van der Waals surface area contributed by atoms with Gasteiger partial charge >= 0.3 is 21.2 Å². The second kappa shape index (κ2) is 24.0. The molecule has 7 aromatic rings. The molecule has 0 unspecified atom stereocenters. The number of azo groups is 2. The first-order valence-electron chi connectivity index (χ1n) is 19.1. The third kappa shape index (κ3) is 13.3. The number of benzene rings is 2. The predicted molar refractivity (Wildman–Crippen MR) is 256 cm³/mol. The van der Waals surface area contributed by atoms with Gasteiger partial charge in [0.1, 0.15) is 21.0 Å². The molecule has 0 spiro atoms. The molecule has 5 heterocycles. The van der Waals surface area contributed by atoms with Crippen LogP contribution in [0.4, 0.5) is 56.0 Å². The number of nitrogens with one attached hydrogen (secondary N) is 2. The lowest BCUT2D eigenvalue weighted by molar-refractivity contribution is 0.322. The number of thioether (sulfide) groups is 1. The zero-order valence-corrected chi connectivity index (χ0v) is 40.8. The highest BCUT2D eigenvalue weighted by Gasteiger charge is 2.17. The fourth-order valence-corrected chi connectivity index (χ4v) is 10.2. The first kappa shape index (κ1) is 49.6. The van der Waals surface area contributed by atoms with Crippen LogP contribution in [0.15, 0.2) is 72.8 Å². The van der Waals surface area contributed by atoms with Crippen molar-refractivity contribution in [1.29, 1.82) is 0 Å². The molecular formula is C37H41N13O7S7. The number of aliphatic hydroxyl groups is 1. The maximum absolute atomic E-state index is 9.70. The molecule has 3 N–H and O–H groups in total. The Morgan fingerprint density at radius 1 is 0.641 bits per heavy atom. The van der Waals surface area contributed by atoms with Crippen molar-refractivity contribution in [3.05, 3.63) is 58.3 Å². The smallest absolute Gasteiger partial charge is 0.396 e. The van der Waals surface area contributed by atoms with Crippen LogP contribution in [0.5, 0.6) is 0 Å². The average Bonchev–Trinajstić information content (AvgIpc) is 4.05. The molecule has 0 saturated heterocycles. The van der Waals surface area contributed by atoms with Crippen LogP contribution in [0.2, 0.25) is 0 Å². The summed E-state index contributed by atoms with van der Waals surface area (Å²) in [5.74, 6) is 1.01. The fraction of sp³-hybridized carbons (Fsp3) is 0.324. The van der Waals surface area contributed by atoms with E-state index < -0.39 is 21.2 Å². The van der Waals surface area contributed by atoms with Gasteiger partial charge in [-0.05, 0) is 123 Å². The molecule has 27 heteroatoms. The van der Waals surface area contributed by atoms with Crippen LogP contribution in [-0.4, -0.2) is 92.6 Å². The molecule has 0 aliphatic rings. The predicted octanol–water partition coefficient (Wildman–Crippen LogP) is 9.92. The van der Waals surface area contributed by atoms with Crippen molar-refractivity contribution in [3.63, 3.8) is 0 Å². The average molecular weight is 1000 g/mol. The topological polar surface area (TPSA) is 267 Å². The Kier molecular flexibility index (Phi) is 18.6. The van der Waals surface area contributed by atoms with Crippen molar-refractivity contribution in [1.82, 2.24) is 23.7 Å². The number of aromatic nitrogens is 5. The van der Waals surface area contributed by atoms with Crippen molar-refractivity contribution in [2.45, 2.75) is 46.7 Å². The first-order chi connectivity index (χ1) is 30.8. The van der Waals surface area contributed by atoms with Crippen LogP contribution in [-0.2, 0) is 21.2 Å². The van der Waals surface area contributed by atoms with E-state index in [2.05, 4.69) is 91.7 Å². The van der Waals surface area contributed by atoms with Gasteiger partial charge in [0.15, 0.2) is 15.2 Å². The summed E-state index contributed by atoms with van der Waals surface area (Å²) in [6, 6.07) is 12.1. The summed E-state index contributed by atoms with van der Waals surface area (Å²) in [7, 11) is -6.22. The third-order valence-corrected chi connectivity index (χ3v) is 13.4. The fourth-order valence-electron chi connectivity index (χ4n) is 6.02. The van der Waals surface area contributed by atoms with Crippen LogP contribution >= 0.6 is 57.5 Å². The molecule has 0 bridgehead atoms. The van der Waals surface area contributed by atoms with Crippen molar-refractivity contribution >= 4 is 155 Å². The normalized spacial score (nSPS) is 11.1. The Bertz CT molecular complexity index is 2780. The van der Waals surface area contributed by atoms with Gasteiger partial charge in [-0.2, -0.15) is 23.7 Å². The highest BCUT2D eigenvalue weighted by Crippen LogP contribution is 2.41. The molecule has 64 heavy (non-hydrogen) atoms. The van der Waals surface area contributed by atoms with E-state index in [0.717, 1.165) is 79.1 Å². The Labute approximate surface area is 391 Å². The van der Waals surface area contributed by atoms with E-state index in [0.29, 0.717) is 45.6 Å². The molecule has 2 aromatic carbocycles. The summed E-state index contributed by atoms with van der Waals surface area (Å²) in [6.07, 6.45) is 0. The lowest BCUT2D eigenvalue weighted by atomic mass is 10.2. The Morgan fingerprint density at radius 2 is 1.05 bits per heavy atom. The summed E-state index contributed by atoms with van der Waals surface area (Å²) in [5.41, 5.74) is 6.88. The van der Waals surface area contributed by atoms with Gasteiger partial charge in [0.05, 0.1) is 28.8 Å². The van der Waals surface area contributed by atoms with E-state index >= 15 is 0 Å². The number of hydrogen-bond acceptors (Lipinski definition) is 25. The van der Waals surface area contributed by atoms with Gasteiger partial charge in [0, 0.05) is 43.3 Å². The number of hydrogen-bond donors (Lipinski definition) is 3. The molecule has 5 aromatic heterocycles. The lowest BCUT2D eigenvalue weighted by Gasteiger charge is -2.22. The van der Waals surface area contributed by atoms with Crippen LogP contribution in [0.3, 0.4) is 0 Å². The van der Waals surface area contributed by atoms with E-state index in [4.69, 9.17) is 50.4 Å². The van der Waals surface area contributed by atoms with E-state index in [9.17, 15) is 5.11 Å². The highest BCUT2D eigenvalue weighted by molar-refractivity contribution is 7.99. The Balaban J connectivity index is 0.000000890. The lowest BCUT2D eigenvalue weighted by Crippen LogP contribution is -2.21. The number of aliphatic hydroxyl groups excluding tert-OH is 1. The second-order valence-corrected chi connectivity index (χ2v) is 17.9. The van der Waals surface area contributed by atoms with Crippen molar-refractivity contribution < 1.29 is 30.4 Å². The van der Waals surface area contributed by atoms with Crippen LogP contribution < -0.4 is 20.4 Å². The van der Waals surface area contributed by atoms with E-state index in [-0.39, 0.29) is 6.61 Å². The minimum atomic E-state index is -3.11. The Hall–Kier alpha value is -5.42. The van der Waals surface area contributed by atoms with Crippen molar-refractivity contribution in [3.8, 4) is 0 Å². The standard InChI is InChI=1S/C37H41N13OS5.2O3S/c1-7-49(8-2)23-11-13-25(43-45-31-29-21(5)19-53-33(29)47-55-31)27(17-23)38-35-40-36(42-37(41-35)52-16-15-51)39-28-18-24(50(9-3)10-4)12-14-26(28)44-46-32-30-22(6)20-54-34(30)48-56-32;2*1-4(2)3/h11-14,17-20,51H,7-10,15-16H2,1-6H3,(H2,38,39,40,41,42);;. The van der Waals surface area contributed by atoms with Crippen LogP contribution in [0.1, 0.15) is 38.8 Å². The van der Waals surface area contributed by atoms with Gasteiger partial charge in [-0.25, -0.2) is 0 Å². The number of anilines is 6. The van der Waals surface area contributed by atoms with Gasteiger partial charge < -0.3 is 25.5 Å². The number of nitrogens with zero attached hydrogens (tertiary/aromatic N) is 11. The molecule has 0 fully saturated rings. The zero-order chi connectivity index (χ0) is 46.3. The SMILES string of the molecule is CCN(CC)c1ccc(N=Nc2snc3scc(C)c23)c(Nc2nc(Nc3cc(N(CC)CC)ccc3N=Nc3snc4scc(C)c34)nc(SCCO)n2)c1.O=S(=O)=O.O=S(=O)=O. The molecule has 338 valence electrons. The van der Waals surface area contributed by atoms with E-state index in [1.54, 1.807) is 22.7 Å². The summed E-state index contributed by atoms with van der Waals surface area (Å²) in [5, 5.41) is 43.5.